The number of hydrogen-bond donors (Lipinski definition) is 2. The fraction of sp³-hybridized carbons (Fsp3) is 0.524. The number of pyridine rings is 1. The molecule has 1 aliphatic rings. The van der Waals surface area contributed by atoms with Crippen molar-refractivity contribution in [2.75, 3.05) is 31.1 Å². The van der Waals surface area contributed by atoms with Gasteiger partial charge in [-0.25, -0.2) is 4.98 Å². The zero-order valence-electron chi connectivity index (χ0n) is 16.6. The molecule has 1 fully saturated rings. The summed E-state index contributed by atoms with van der Waals surface area (Å²) >= 11 is 0. The average molecular weight is 497 g/mol. The van der Waals surface area contributed by atoms with Crippen molar-refractivity contribution in [2.24, 2.45) is 4.99 Å². The number of rotatable bonds is 8. The quantitative estimate of drug-likeness (QED) is 0.251. The maximum atomic E-state index is 5.41. The van der Waals surface area contributed by atoms with E-state index in [1.165, 1.54) is 0 Å². The summed E-state index contributed by atoms with van der Waals surface area (Å²) in [5, 5.41) is 7.09. The molecule has 0 atom stereocenters. The summed E-state index contributed by atoms with van der Waals surface area (Å²) in [7, 11) is 0. The van der Waals surface area contributed by atoms with Crippen LogP contribution in [-0.2, 0) is 6.42 Å². The van der Waals surface area contributed by atoms with E-state index in [9.17, 15) is 0 Å². The first-order chi connectivity index (χ1) is 13.3. The van der Waals surface area contributed by atoms with Crippen molar-refractivity contribution >= 4 is 35.8 Å². The van der Waals surface area contributed by atoms with E-state index in [0.29, 0.717) is 6.04 Å². The van der Waals surface area contributed by atoms with Gasteiger partial charge in [0.25, 0.3) is 0 Å². The van der Waals surface area contributed by atoms with Crippen LogP contribution < -0.4 is 15.5 Å². The van der Waals surface area contributed by atoms with Gasteiger partial charge in [0.2, 0.25) is 0 Å². The largest absolute Gasteiger partial charge is 0.469 e. The number of guanidine groups is 1. The first-order valence-electron chi connectivity index (χ1n) is 10.1. The lowest BCUT2D eigenvalue weighted by Gasteiger charge is -2.33. The number of piperidine rings is 1. The highest BCUT2D eigenvalue weighted by Gasteiger charge is 2.20. The molecule has 0 unspecified atom stereocenters. The van der Waals surface area contributed by atoms with E-state index in [-0.39, 0.29) is 24.0 Å². The molecule has 6 nitrogen and oxygen atoms in total. The number of hydrogen-bond acceptors (Lipinski definition) is 4. The molecule has 0 aliphatic carbocycles. The Morgan fingerprint density at radius 1 is 1.25 bits per heavy atom. The molecule has 2 aromatic rings. The molecule has 3 heterocycles. The molecule has 0 bridgehead atoms. The number of aliphatic imine (C=N–C) groups is 1. The first-order valence-corrected chi connectivity index (χ1v) is 10.1. The van der Waals surface area contributed by atoms with Gasteiger partial charge < -0.3 is 20.0 Å². The van der Waals surface area contributed by atoms with Crippen LogP contribution in [0.15, 0.2) is 52.2 Å². The second-order valence-electron chi connectivity index (χ2n) is 6.93. The van der Waals surface area contributed by atoms with Crippen LogP contribution in [0.3, 0.4) is 0 Å². The summed E-state index contributed by atoms with van der Waals surface area (Å²) in [5.41, 5.74) is 0. The first kappa shape index (κ1) is 22.5. The fourth-order valence-corrected chi connectivity index (χ4v) is 3.25. The Labute approximate surface area is 185 Å². The number of aromatic nitrogens is 1. The number of anilines is 1. The molecular weight excluding hydrogens is 465 g/mol. The normalized spacial score (nSPS) is 15.2. The Morgan fingerprint density at radius 2 is 2.11 bits per heavy atom. The maximum absolute atomic E-state index is 5.41. The van der Waals surface area contributed by atoms with Crippen molar-refractivity contribution in [2.45, 2.75) is 45.1 Å². The number of unbranched alkanes of at least 4 members (excludes halogenated alkanes) is 1. The van der Waals surface area contributed by atoms with Gasteiger partial charge in [0.1, 0.15) is 11.6 Å². The van der Waals surface area contributed by atoms with Crippen molar-refractivity contribution in [3.05, 3.63) is 48.6 Å². The second kappa shape index (κ2) is 12.6. The predicted molar refractivity (Wildman–Crippen MR) is 126 cm³/mol. The van der Waals surface area contributed by atoms with Crippen LogP contribution in [0.1, 0.15) is 38.4 Å². The third-order valence-corrected chi connectivity index (χ3v) is 4.83. The highest BCUT2D eigenvalue weighted by atomic mass is 127. The molecule has 0 aromatic carbocycles. The van der Waals surface area contributed by atoms with Crippen molar-refractivity contribution in [1.29, 1.82) is 0 Å². The lowest BCUT2D eigenvalue weighted by Crippen LogP contribution is -2.49. The highest BCUT2D eigenvalue weighted by Crippen LogP contribution is 2.17. The summed E-state index contributed by atoms with van der Waals surface area (Å²) in [6.45, 7) is 5.91. The summed E-state index contributed by atoms with van der Waals surface area (Å²) in [5.74, 6) is 3.00. The minimum Gasteiger partial charge on any atom is -0.469 e. The highest BCUT2D eigenvalue weighted by molar-refractivity contribution is 14.0. The Kier molecular flexibility index (Phi) is 10.2. The molecule has 2 N–H and O–H groups in total. The molecule has 28 heavy (non-hydrogen) atoms. The minimum absolute atomic E-state index is 0. The molecular formula is C21H32IN5O. The predicted octanol–water partition coefficient (Wildman–Crippen LogP) is 3.84. The summed E-state index contributed by atoms with van der Waals surface area (Å²) in [6.07, 6.45) is 8.89. The van der Waals surface area contributed by atoms with Gasteiger partial charge in [-0.1, -0.05) is 19.4 Å². The molecule has 0 radical (unpaired) electrons. The topological polar surface area (TPSA) is 65.7 Å². The molecule has 1 saturated heterocycles. The molecule has 0 amide bonds. The summed E-state index contributed by atoms with van der Waals surface area (Å²) in [4.78, 5) is 11.6. The standard InChI is InChI=1S/C21H31N5O.HI/c1-2-3-12-23-21(24-14-9-19-7-6-17-27-19)25-18-10-15-26(16-11-18)20-8-4-5-13-22-20;/h4-8,13,17-18H,2-3,9-12,14-16H2,1H3,(H2,23,24,25);1H. The van der Waals surface area contributed by atoms with E-state index >= 15 is 0 Å². The Bertz CT molecular complexity index is 669. The average Bonchev–Trinajstić information content (AvgIpc) is 3.23. The molecule has 7 heteroatoms. The van der Waals surface area contributed by atoms with Crippen molar-refractivity contribution in [1.82, 2.24) is 15.6 Å². The van der Waals surface area contributed by atoms with Gasteiger partial charge in [0, 0.05) is 44.8 Å². The second-order valence-corrected chi connectivity index (χ2v) is 6.93. The zero-order chi connectivity index (χ0) is 18.7. The van der Waals surface area contributed by atoms with Crippen molar-refractivity contribution in [3.63, 3.8) is 0 Å². The van der Waals surface area contributed by atoms with Crippen LogP contribution in [0.5, 0.6) is 0 Å². The van der Waals surface area contributed by atoms with Gasteiger partial charge in [0.15, 0.2) is 5.96 Å². The SMILES string of the molecule is CCCCN=C(NCCc1ccco1)NC1CCN(c2ccccn2)CC1.I. The van der Waals surface area contributed by atoms with Crippen molar-refractivity contribution in [3.8, 4) is 0 Å². The molecule has 0 spiro atoms. The number of furan rings is 1. The van der Waals surface area contributed by atoms with E-state index in [1.807, 2.05) is 30.5 Å². The van der Waals surface area contributed by atoms with Gasteiger partial charge in [-0.15, -0.1) is 24.0 Å². The smallest absolute Gasteiger partial charge is 0.191 e. The lowest BCUT2D eigenvalue weighted by molar-refractivity contribution is 0.458. The van der Waals surface area contributed by atoms with E-state index in [2.05, 4.69) is 33.5 Å². The van der Waals surface area contributed by atoms with Crippen molar-refractivity contribution < 1.29 is 4.42 Å². The van der Waals surface area contributed by atoms with Crippen LogP contribution in [0.25, 0.3) is 0 Å². The number of nitrogens with zero attached hydrogens (tertiary/aromatic N) is 3. The van der Waals surface area contributed by atoms with E-state index < -0.39 is 0 Å². The third-order valence-electron chi connectivity index (χ3n) is 4.83. The molecule has 0 saturated carbocycles. The lowest BCUT2D eigenvalue weighted by atomic mass is 10.1. The van der Waals surface area contributed by atoms with Gasteiger partial charge >= 0.3 is 0 Å². The van der Waals surface area contributed by atoms with Crippen LogP contribution in [-0.4, -0.2) is 43.2 Å². The van der Waals surface area contributed by atoms with Crippen LogP contribution in [0, 0.1) is 0 Å². The summed E-state index contributed by atoms with van der Waals surface area (Å²) < 4.78 is 5.41. The van der Waals surface area contributed by atoms with Crippen LogP contribution >= 0.6 is 24.0 Å². The van der Waals surface area contributed by atoms with Crippen LogP contribution in [0.4, 0.5) is 5.82 Å². The number of nitrogens with one attached hydrogen (secondary N) is 2. The Morgan fingerprint density at radius 3 is 2.79 bits per heavy atom. The number of halogens is 1. The van der Waals surface area contributed by atoms with Crippen LogP contribution in [0.2, 0.25) is 0 Å². The monoisotopic (exact) mass is 497 g/mol. The van der Waals surface area contributed by atoms with Gasteiger partial charge in [-0.3, -0.25) is 4.99 Å². The van der Waals surface area contributed by atoms with Gasteiger partial charge in [0.05, 0.1) is 6.26 Å². The zero-order valence-corrected chi connectivity index (χ0v) is 19.0. The third kappa shape index (κ3) is 7.33. The van der Waals surface area contributed by atoms with Gasteiger partial charge in [-0.05, 0) is 43.5 Å². The summed E-state index contributed by atoms with van der Waals surface area (Å²) in [6, 6.07) is 10.5. The molecule has 3 rings (SSSR count). The Hall–Kier alpha value is -1.77. The molecule has 154 valence electrons. The minimum atomic E-state index is 0. The van der Waals surface area contributed by atoms with E-state index in [0.717, 1.165) is 75.8 Å². The fourth-order valence-electron chi connectivity index (χ4n) is 3.25. The van der Waals surface area contributed by atoms with Gasteiger partial charge in [-0.2, -0.15) is 0 Å². The van der Waals surface area contributed by atoms with E-state index in [1.54, 1.807) is 6.26 Å². The Balaban J connectivity index is 0.00000280. The maximum Gasteiger partial charge on any atom is 0.191 e. The molecule has 2 aromatic heterocycles. The molecule has 1 aliphatic heterocycles. The van der Waals surface area contributed by atoms with E-state index in [4.69, 9.17) is 9.41 Å².